The Hall–Kier alpha value is -1.39. The summed E-state index contributed by atoms with van der Waals surface area (Å²) in [5.41, 5.74) is 1.75. The molecule has 0 atom stereocenters. The first-order valence-electron chi connectivity index (χ1n) is 8.53. The van der Waals surface area contributed by atoms with E-state index in [-0.39, 0.29) is 29.9 Å². The normalized spacial score (nSPS) is 10.8. The van der Waals surface area contributed by atoms with Crippen LogP contribution in [0.2, 0.25) is 0 Å². The van der Waals surface area contributed by atoms with E-state index in [1.807, 2.05) is 31.2 Å². The summed E-state index contributed by atoms with van der Waals surface area (Å²) in [6.07, 6.45) is 0.883. The van der Waals surface area contributed by atoms with Gasteiger partial charge >= 0.3 is 0 Å². The fraction of sp³-hybridized carbons (Fsp3) is 0.556. The highest BCUT2D eigenvalue weighted by Gasteiger charge is 2.04. The van der Waals surface area contributed by atoms with E-state index in [0.717, 1.165) is 18.5 Å². The molecule has 26 heavy (non-hydrogen) atoms. The summed E-state index contributed by atoms with van der Waals surface area (Å²) in [7, 11) is 3.37. The minimum absolute atomic E-state index is 0. The molecule has 0 unspecified atom stereocenters. The molecule has 148 valence electrons. The topological polar surface area (TPSA) is 84.0 Å². The standard InChI is InChI=1S/C18H30N4O3.HI/c1-15-6-4-7-16(14-15)17(23)20-9-10-22-18(19-2)21-8-5-11-25-13-12-24-3;/h4,6-7,14H,5,8-13H2,1-3H3,(H,20,23)(H2,19,21,22);1H. The van der Waals surface area contributed by atoms with Crippen molar-refractivity contribution in [3.8, 4) is 0 Å². The molecule has 3 N–H and O–H groups in total. The van der Waals surface area contributed by atoms with Gasteiger partial charge in [0, 0.05) is 46.0 Å². The number of nitrogens with one attached hydrogen (secondary N) is 3. The second-order valence-electron chi connectivity index (χ2n) is 5.51. The van der Waals surface area contributed by atoms with Gasteiger partial charge in [0.1, 0.15) is 0 Å². The Bertz CT molecular complexity index is 541. The van der Waals surface area contributed by atoms with Crippen LogP contribution in [0, 0.1) is 6.92 Å². The Labute approximate surface area is 173 Å². The lowest BCUT2D eigenvalue weighted by atomic mass is 10.1. The molecule has 0 aliphatic carbocycles. The third-order valence-corrected chi connectivity index (χ3v) is 3.40. The van der Waals surface area contributed by atoms with Crippen molar-refractivity contribution in [2.75, 3.05) is 53.6 Å². The number of hydrogen-bond donors (Lipinski definition) is 3. The van der Waals surface area contributed by atoms with Gasteiger partial charge < -0.3 is 25.4 Å². The van der Waals surface area contributed by atoms with Crippen LogP contribution in [0.1, 0.15) is 22.3 Å². The maximum Gasteiger partial charge on any atom is 0.251 e. The van der Waals surface area contributed by atoms with E-state index in [2.05, 4.69) is 20.9 Å². The van der Waals surface area contributed by atoms with Crippen LogP contribution in [0.5, 0.6) is 0 Å². The number of hydrogen-bond acceptors (Lipinski definition) is 4. The van der Waals surface area contributed by atoms with Crippen LogP contribution < -0.4 is 16.0 Å². The molecule has 0 aromatic heterocycles. The van der Waals surface area contributed by atoms with Gasteiger partial charge in [-0.05, 0) is 25.5 Å². The van der Waals surface area contributed by atoms with Gasteiger partial charge in [0.05, 0.1) is 13.2 Å². The Balaban J connectivity index is 0.00000625. The Kier molecular flexibility index (Phi) is 15.0. The molecule has 1 amide bonds. The number of halogens is 1. The molecular weight excluding hydrogens is 447 g/mol. The molecule has 1 rings (SSSR count). The second kappa shape index (κ2) is 15.8. The number of nitrogens with zero attached hydrogens (tertiary/aromatic N) is 1. The molecule has 0 saturated carbocycles. The van der Waals surface area contributed by atoms with Crippen LogP contribution in [0.25, 0.3) is 0 Å². The van der Waals surface area contributed by atoms with E-state index >= 15 is 0 Å². The molecule has 1 aromatic rings. The first-order chi connectivity index (χ1) is 12.2. The zero-order valence-electron chi connectivity index (χ0n) is 15.8. The summed E-state index contributed by atoms with van der Waals surface area (Å²) in [5.74, 6) is 0.642. The Morgan fingerprint density at radius 3 is 2.50 bits per heavy atom. The predicted molar refractivity (Wildman–Crippen MR) is 116 cm³/mol. The van der Waals surface area contributed by atoms with Crippen molar-refractivity contribution >= 4 is 35.8 Å². The van der Waals surface area contributed by atoms with Gasteiger partial charge in [-0.25, -0.2) is 0 Å². The van der Waals surface area contributed by atoms with Gasteiger partial charge in [0.2, 0.25) is 0 Å². The third-order valence-electron chi connectivity index (χ3n) is 3.40. The number of ether oxygens (including phenoxy) is 2. The summed E-state index contributed by atoms with van der Waals surface area (Å²) in [6, 6.07) is 7.53. The fourth-order valence-corrected chi connectivity index (χ4v) is 2.09. The molecule has 8 heteroatoms. The summed E-state index contributed by atoms with van der Waals surface area (Å²) in [6.45, 7) is 5.77. The fourth-order valence-electron chi connectivity index (χ4n) is 2.09. The largest absolute Gasteiger partial charge is 0.382 e. The van der Waals surface area contributed by atoms with E-state index in [4.69, 9.17) is 9.47 Å². The average molecular weight is 478 g/mol. The number of carbonyl (C=O) groups is 1. The maximum absolute atomic E-state index is 12.0. The van der Waals surface area contributed by atoms with Gasteiger partial charge in [-0.1, -0.05) is 17.7 Å². The minimum atomic E-state index is -0.0679. The molecule has 0 saturated heterocycles. The quantitative estimate of drug-likeness (QED) is 0.195. The molecule has 0 bridgehead atoms. The highest BCUT2D eigenvalue weighted by molar-refractivity contribution is 14.0. The number of benzene rings is 1. The molecule has 0 aliphatic rings. The maximum atomic E-state index is 12.0. The summed E-state index contributed by atoms with van der Waals surface area (Å²) in [5, 5.41) is 9.25. The number of methoxy groups -OCH3 is 1. The number of carbonyl (C=O) groups excluding carboxylic acids is 1. The Morgan fingerprint density at radius 2 is 1.81 bits per heavy atom. The molecule has 0 radical (unpaired) electrons. The summed E-state index contributed by atoms with van der Waals surface area (Å²) < 4.78 is 10.3. The van der Waals surface area contributed by atoms with Crippen molar-refractivity contribution in [3.05, 3.63) is 35.4 Å². The first-order valence-corrected chi connectivity index (χ1v) is 8.53. The lowest BCUT2D eigenvalue weighted by Gasteiger charge is -2.12. The molecular formula is C18H31IN4O3. The first kappa shape index (κ1) is 24.6. The number of rotatable bonds is 11. The van der Waals surface area contributed by atoms with Crippen LogP contribution in [0.4, 0.5) is 0 Å². The molecule has 0 spiro atoms. The van der Waals surface area contributed by atoms with Crippen LogP contribution in [0.3, 0.4) is 0 Å². The number of guanidine groups is 1. The lowest BCUT2D eigenvalue weighted by molar-refractivity contribution is 0.0698. The number of amides is 1. The van der Waals surface area contributed by atoms with Gasteiger partial charge in [-0.2, -0.15) is 0 Å². The Morgan fingerprint density at radius 1 is 1.08 bits per heavy atom. The summed E-state index contributed by atoms with van der Waals surface area (Å²) in [4.78, 5) is 16.2. The third kappa shape index (κ3) is 11.3. The van der Waals surface area contributed by atoms with Crippen molar-refractivity contribution < 1.29 is 14.3 Å². The monoisotopic (exact) mass is 478 g/mol. The van der Waals surface area contributed by atoms with Gasteiger partial charge in [0.15, 0.2) is 5.96 Å². The lowest BCUT2D eigenvalue weighted by Crippen LogP contribution is -2.42. The van der Waals surface area contributed by atoms with E-state index in [1.54, 1.807) is 14.2 Å². The molecule has 0 aliphatic heterocycles. The van der Waals surface area contributed by atoms with Gasteiger partial charge in [0.25, 0.3) is 5.91 Å². The van der Waals surface area contributed by atoms with Crippen molar-refractivity contribution in [1.82, 2.24) is 16.0 Å². The van der Waals surface area contributed by atoms with Crippen LogP contribution in [0.15, 0.2) is 29.3 Å². The molecule has 0 fully saturated rings. The average Bonchev–Trinajstić information content (AvgIpc) is 2.62. The van der Waals surface area contributed by atoms with Crippen LogP contribution >= 0.6 is 24.0 Å². The molecule has 1 aromatic carbocycles. The minimum Gasteiger partial charge on any atom is -0.382 e. The van der Waals surface area contributed by atoms with E-state index < -0.39 is 0 Å². The van der Waals surface area contributed by atoms with Crippen molar-refractivity contribution in [3.63, 3.8) is 0 Å². The highest BCUT2D eigenvalue weighted by atomic mass is 127. The van der Waals surface area contributed by atoms with Gasteiger partial charge in [-0.15, -0.1) is 24.0 Å². The SMILES string of the molecule is CN=C(NCCCOCCOC)NCCNC(=O)c1cccc(C)c1.I. The predicted octanol–water partition coefficient (Wildman–Crippen LogP) is 1.56. The zero-order valence-corrected chi connectivity index (χ0v) is 18.2. The number of aryl methyl sites for hydroxylation is 1. The zero-order chi connectivity index (χ0) is 18.3. The summed E-state index contributed by atoms with van der Waals surface area (Å²) >= 11 is 0. The van der Waals surface area contributed by atoms with Crippen LogP contribution in [-0.4, -0.2) is 65.5 Å². The van der Waals surface area contributed by atoms with Crippen molar-refractivity contribution in [2.45, 2.75) is 13.3 Å². The van der Waals surface area contributed by atoms with Crippen molar-refractivity contribution in [1.29, 1.82) is 0 Å². The number of aliphatic imine (C=N–C) groups is 1. The van der Waals surface area contributed by atoms with E-state index in [9.17, 15) is 4.79 Å². The molecule has 0 heterocycles. The van der Waals surface area contributed by atoms with E-state index in [0.29, 0.717) is 44.4 Å². The molecule has 7 nitrogen and oxygen atoms in total. The van der Waals surface area contributed by atoms with Crippen LogP contribution in [-0.2, 0) is 9.47 Å². The van der Waals surface area contributed by atoms with E-state index in [1.165, 1.54) is 0 Å². The van der Waals surface area contributed by atoms with Crippen molar-refractivity contribution in [2.24, 2.45) is 4.99 Å². The van der Waals surface area contributed by atoms with Gasteiger partial charge in [-0.3, -0.25) is 9.79 Å². The highest BCUT2D eigenvalue weighted by Crippen LogP contribution is 2.03. The smallest absolute Gasteiger partial charge is 0.251 e. The second-order valence-corrected chi connectivity index (χ2v) is 5.51.